The van der Waals surface area contributed by atoms with E-state index < -0.39 is 0 Å². The largest absolute Gasteiger partial charge is 0.456 e. The minimum absolute atomic E-state index is 0.138. The van der Waals surface area contributed by atoms with Crippen molar-refractivity contribution in [1.29, 1.82) is 0 Å². The van der Waals surface area contributed by atoms with Gasteiger partial charge in [-0.1, -0.05) is 18.2 Å². The zero-order valence-electron chi connectivity index (χ0n) is 10.4. The van der Waals surface area contributed by atoms with E-state index in [4.69, 9.17) is 16.0 Å². The van der Waals surface area contributed by atoms with Crippen LogP contribution in [0, 0.1) is 6.92 Å². The molecule has 0 aliphatic carbocycles. The number of carbonyl (C=O) groups excluding carboxylic acids is 1. The quantitative estimate of drug-likeness (QED) is 0.846. The van der Waals surface area contributed by atoms with Crippen LogP contribution in [0.15, 0.2) is 34.7 Å². The van der Waals surface area contributed by atoms with Crippen LogP contribution in [0.2, 0.25) is 0 Å². The smallest absolute Gasteiger partial charge is 0.291 e. The number of furan rings is 1. The number of amides is 1. The molecule has 100 valence electrons. The van der Waals surface area contributed by atoms with E-state index in [2.05, 4.69) is 5.32 Å². The molecule has 1 amide bonds. The maximum Gasteiger partial charge on any atom is 0.291 e. The number of hydrogen-bond donors (Lipinski definition) is 2. The zero-order chi connectivity index (χ0) is 13.8. The molecule has 0 radical (unpaired) electrons. The third-order valence-electron chi connectivity index (χ3n) is 2.82. The topological polar surface area (TPSA) is 62.5 Å². The average Bonchev–Trinajstić information content (AvgIpc) is 2.80. The summed E-state index contributed by atoms with van der Waals surface area (Å²) in [6.45, 7) is 1.62. The van der Waals surface area contributed by atoms with E-state index in [-0.39, 0.29) is 18.3 Å². The summed E-state index contributed by atoms with van der Waals surface area (Å²) in [7, 11) is 0. The number of anilines is 1. The second kappa shape index (κ2) is 5.91. The van der Waals surface area contributed by atoms with E-state index >= 15 is 0 Å². The zero-order valence-corrected chi connectivity index (χ0v) is 11.2. The van der Waals surface area contributed by atoms with E-state index in [0.29, 0.717) is 22.9 Å². The standard InChI is InChI=1S/C14H14ClNO3/c1-9-11(7-15)6-13(19-9)14(18)16-12-5-3-2-4-10(12)8-17/h2-6,17H,7-8H2,1H3,(H,16,18). The summed E-state index contributed by atoms with van der Waals surface area (Å²) in [6.07, 6.45) is 0. The number of alkyl halides is 1. The lowest BCUT2D eigenvalue weighted by atomic mass is 10.2. The second-order valence-corrected chi connectivity index (χ2v) is 4.36. The molecule has 0 saturated heterocycles. The molecule has 4 nitrogen and oxygen atoms in total. The molecule has 19 heavy (non-hydrogen) atoms. The number of benzene rings is 1. The lowest BCUT2D eigenvalue weighted by Gasteiger charge is -2.07. The molecule has 0 unspecified atom stereocenters. The fourth-order valence-corrected chi connectivity index (χ4v) is 1.99. The van der Waals surface area contributed by atoms with Gasteiger partial charge in [0.05, 0.1) is 12.5 Å². The molecule has 0 fully saturated rings. The van der Waals surface area contributed by atoms with Crippen LogP contribution < -0.4 is 5.32 Å². The van der Waals surface area contributed by atoms with Crippen LogP contribution in [0.5, 0.6) is 0 Å². The third-order valence-corrected chi connectivity index (χ3v) is 3.11. The highest BCUT2D eigenvalue weighted by atomic mass is 35.5. The normalized spacial score (nSPS) is 10.5. The molecule has 0 aliphatic heterocycles. The van der Waals surface area contributed by atoms with Gasteiger partial charge in [0.1, 0.15) is 5.76 Å². The fourth-order valence-electron chi connectivity index (χ4n) is 1.73. The molecule has 1 aromatic heterocycles. The van der Waals surface area contributed by atoms with Crippen molar-refractivity contribution in [3.05, 3.63) is 53.0 Å². The van der Waals surface area contributed by atoms with Crippen LogP contribution in [-0.4, -0.2) is 11.0 Å². The van der Waals surface area contributed by atoms with Crippen LogP contribution in [0.4, 0.5) is 5.69 Å². The SMILES string of the molecule is Cc1oc(C(=O)Nc2ccccc2CO)cc1CCl. The summed E-state index contributed by atoms with van der Waals surface area (Å²) in [4.78, 5) is 12.0. The van der Waals surface area contributed by atoms with Gasteiger partial charge in [-0.25, -0.2) is 0 Å². The third kappa shape index (κ3) is 2.97. The highest BCUT2D eigenvalue weighted by molar-refractivity contribution is 6.17. The van der Waals surface area contributed by atoms with Crippen molar-refractivity contribution in [3.8, 4) is 0 Å². The summed E-state index contributed by atoms with van der Waals surface area (Å²) in [6, 6.07) is 8.67. The number of para-hydroxylation sites is 1. The first kappa shape index (κ1) is 13.6. The number of rotatable bonds is 4. The van der Waals surface area contributed by atoms with Crippen molar-refractivity contribution in [1.82, 2.24) is 0 Å². The van der Waals surface area contributed by atoms with Crippen LogP contribution in [0.25, 0.3) is 0 Å². The Kier molecular flexibility index (Phi) is 4.24. The van der Waals surface area contributed by atoms with Gasteiger partial charge in [0.15, 0.2) is 5.76 Å². The molecule has 2 N–H and O–H groups in total. The monoisotopic (exact) mass is 279 g/mol. The van der Waals surface area contributed by atoms with E-state index in [9.17, 15) is 9.90 Å². The molecule has 0 spiro atoms. The minimum atomic E-state index is -0.361. The van der Waals surface area contributed by atoms with Gasteiger partial charge < -0.3 is 14.8 Å². The molecule has 2 aromatic rings. The summed E-state index contributed by atoms with van der Waals surface area (Å²) in [5, 5.41) is 11.9. The molecule has 1 aromatic carbocycles. The first-order valence-corrected chi connectivity index (χ1v) is 6.34. The van der Waals surface area contributed by atoms with Gasteiger partial charge in [-0.15, -0.1) is 11.6 Å². The lowest BCUT2D eigenvalue weighted by Crippen LogP contribution is -2.12. The Morgan fingerprint density at radius 1 is 1.37 bits per heavy atom. The highest BCUT2D eigenvalue weighted by Crippen LogP contribution is 2.20. The van der Waals surface area contributed by atoms with Crippen LogP contribution in [0.1, 0.15) is 27.4 Å². The van der Waals surface area contributed by atoms with Crippen molar-refractivity contribution in [2.75, 3.05) is 5.32 Å². The predicted molar refractivity (Wildman–Crippen MR) is 73.3 cm³/mol. The summed E-state index contributed by atoms with van der Waals surface area (Å²) in [5.41, 5.74) is 2.01. The Morgan fingerprint density at radius 2 is 2.11 bits per heavy atom. The van der Waals surface area contributed by atoms with Gasteiger partial charge in [-0.3, -0.25) is 4.79 Å². The second-order valence-electron chi connectivity index (χ2n) is 4.10. The Hall–Kier alpha value is -1.78. The lowest BCUT2D eigenvalue weighted by molar-refractivity contribution is 0.0995. The maximum atomic E-state index is 12.0. The van der Waals surface area contributed by atoms with Gasteiger partial charge in [0.25, 0.3) is 5.91 Å². The molecular weight excluding hydrogens is 266 g/mol. The van der Waals surface area contributed by atoms with Crippen LogP contribution in [0.3, 0.4) is 0 Å². The molecular formula is C14H14ClNO3. The van der Waals surface area contributed by atoms with Crippen molar-refractivity contribution < 1.29 is 14.3 Å². The Morgan fingerprint density at radius 3 is 2.74 bits per heavy atom. The van der Waals surface area contributed by atoms with E-state index in [1.54, 1.807) is 37.3 Å². The van der Waals surface area contributed by atoms with Gasteiger partial charge in [-0.2, -0.15) is 0 Å². The van der Waals surface area contributed by atoms with Gasteiger partial charge in [-0.05, 0) is 19.1 Å². The number of carbonyl (C=O) groups is 1. The molecule has 0 atom stereocenters. The number of aliphatic hydroxyl groups is 1. The van der Waals surface area contributed by atoms with Gasteiger partial charge >= 0.3 is 0 Å². The summed E-state index contributed by atoms with van der Waals surface area (Å²) >= 11 is 5.73. The molecule has 0 aliphatic rings. The number of nitrogens with one attached hydrogen (secondary N) is 1. The highest BCUT2D eigenvalue weighted by Gasteiger charge is 2.15. The number of aliphatic hydroxyl groups excluding tert-OH is 1. The number of hydrogen-bond acceptors (Lipinski definition) is 3. The molecule has 1 heterocycles. The van der Waals surface area contributed by atoms with Crippen molar-refractivity contribution in [3.63, 3.8) is 0 Å². The number of aryl methyl sites for hydroxylation is 1. The van der Waals surface area contributed by atoms with E-state index in [0.717, 1.165) is 5.56 Å². The maximum absolute atomic E-state index is 12.0. The van der Waals surface area contributed by atoms with Crippen LogP contribution >= 0.6 is 11.6 Å². The molecule has 2 rings (SSSR count). The van der Waals surface area contributed by atoms with Crippen molar-refractivity contribution in [2.45, 2.75) is 19.4 Å². The first-order valence-electron chi connectivity index (χ1n) is 5.81. The van der Waals surface area contributed by atoms with Crippen molar-refractivity contribution in [2.24, 2.45) is 0 Å². The average molecular weight is 280 g/mol. The first-order chi connectivity index (χ1) is 9.15. The Labute approximate surface area is 116 Å². The van der Waals surface area contributed by atoms with Crippen molar-refractivity contribution >= 4 is 23.2 Å². The fraction of sp³-hybridized carbons (Fsp3) is 0.214. The Balaban J connectivity index is 2.20. The van der Waals surface area contributed by atoms with Crippen LogP contribution in [-0.2, 0) is 12.5 Å². The predicted octanol–water partition coefficient (Wildman–Crippen LogP) is 3.07. The van der Waals surface area contributed by atoms with Gasteiger partial charge in [0, 0.05) is 16.8 Å². The molecule has 0 bridgehead atoms. The molecule has 0 saturated carbocycles. The van der Waals surface area contributed by atoms with E-state index in [1.165, 1.54) is 0 Å². The summed E-state index contributed by atoms with van der Waals surface area (Å²) in [5.74, 6) is 0.785. The Bertz CT molecular complexity index is 592. The van der Waals surface area contributed by atoms with E-state index in [1.807, 2.05) is 0 Å². The summed E-state index contributed by atoms with van der Waals surface area (Å²) < 4.78 is 5.35. The molecule has 5 heteroatoms. The minimum Gasteiger partial charge on any atom is -0.456 e. The number of halogens is 1. The van der Waals surface area contributed by atoms with Gasteiger partial charge in [0.2, 0.25) is 0 Å².